The first-order chi connectivity index (χ1) is 14.3. The zero-order valence-corrected chi connectivity index (χ0v) is 18.1. The van der Waals surface area contributed by atoms with E-state index in [0.29, 0.717) is 37.5 Å². The molecule has 160 valence electrons. The number of benzene rings is 1. The molecule has 2 heterocycles. The molecule has 4 atom stereocenters. The van der Waals surface area contributed by atoms with Crippen LogP contribution in [-0.2, 0) is 11.2 Å². The molecule has 30 heavy (non-hydrogen) atoms. The van der Waals surface area contributed by atoms with Gasteiger partial charge in [-0.05, 0) is 43.4 Å². The van der Waals surface area contributed by atoms with E-state index in [0.717, 1.165) is 22.6 Å². The molecule has 8 heteroatoms. The van der Waals surface area contributed by atoms with E-state index >= 15 is 0 Å². The highest BCUT2D eigenvalue weighted by molar-refractivity contribution is 6.30. The maximum absolute atomic E-state index is 12.9. The zero-order chi connectivity index (χ0) is 21.4. The molecule has 2 aliphatic rings. The van der Waals surface area contributed by atoms with Crippen LogP contribution in [0.1, 0.15) is 49.1 Å². The van der Waals surface area contributed by atoms with Crippen molar-refractivity contribution in [2.45, 2.75) is 50.8 Å². The average molecular weight is 430 g/mol. The summed E-state index contributed by atoms with van der Waals surface area (Å²) < 4.78 is 0. The quantitative estimate of drug-likeness (QED) is 0.774. The summed E-state index contributed by atoms with van der Waals surface area (Å²) >= 11 is 5.93. The van der Waals surface area contributed by atoms with E-state index in [-0.39, 0.29) is 17.9 Å². The molecule has 4 rings (SSSR count). The summed E-state index contributed by atoms with van der Waals surface area (Å²) in [4.78, 5) is 25.9. The minimum Gasteiger partial charge on any atom is -0.387 e. The summed E-state index contributed by atoms with van der Waals surface area (Å²) in [5.41, 5.74) is 9.00. The Labute approximate surface area is 181 Å². The number of rotatable bonds is 4. The predicted octanol–water partition coefficient (Wildman–Crippen LogP) is 2.28. The molecule has 0 saturated carbocycles. The molecule has 1 aromatic carbocycles. The molecule has 7 nitrogen and oxygen atoms in total. The summed E-state index contributed by atoms with van der Waals surface area (Å²) in [7, 11) is 0. The van der Waals surface area contributed by atoms with Gasteiger partial charge in [-0.3, -0.25) is 4.79 Å². The number of amides is 1. The number of aliphatic hydroxyl groups is 1. The van der Waals surface area contributed by atoms with Crippen LogP contribution in [0.2, 0.25) is 5.02 Å². The van der Waals surface area contributed by atoms with E-state index in [4.69, 9.17) is 17.3 Å². The Morgan fingerprint density at radius 2 is 2.00 bits per heavy atom. The van der Waals surface area contributed by atoms with Crippen LogP contribution < -0.4 is 10.6 Å². The van der Waals surface area contributed by atoms with Crippen molar-refractivity contribution in [1.29, 1.82) is 0 Å². The second-order valence-corrected chi connectivity index (χ2v) is 8.85. The van der Waals surface area contributed by atoms with Crippen molar-refractivity contribution in [2.75, 3.05) is 24.5 Å². The highest BCUT2D eigenvalue weighted by Crippen LogP contribution is 2.43. The molecule has 1 aliphatic heterocycles. The van der Waals surface area contributed by atoms with Gasteiger partial charge < -0.3 is 20.6 Å². The predicted molar refractivity (Wildman–Crippen MR) is 117 cm³/mol. The summed E-state index contributed by atoms with van der Waals surface area (Å²) in [6.07, 6.45) is 2.16. The topological polar surface area (TPSA) is 95.6 Å². The first-order valence-electron chi connectivity index (χ1n) is 10.4. The van der Waals surface area contributed by atoms with Crippen molar-refractivity contribution in [3.05, 3.63) is 52.4 Å². The SMILES string of the molecule is C[C@@H]1C[C@@H](O)c2ncnc(N3CCN(C(=O)[C@H](N)Cc4ccc(Cl)cc4)C[C@@H]3C)c21. The maximum Gasteiger partial charge on any atom is 0.239 e. The number of carbonyl (C=O) groups excluding carboxylic acids is 1. The molecule has 1 aliphatic carbocycles. The second kappa shape index (κ2) is 8.49. The Hall–Kier alpha value is -2.22. The Bertz CT molecular complexity index is 922. The Morgan fingerprint density at radius 1 is 1.27 bits per heavy atom. The van der Waals surface area contributed by atoms with E-state index in [1.165, 1.54) is 6.33 Å². The van der Waals surface area contributed by atoms with Crippen molar-refractivity contribution in [3.8, 4) is 0 Å². The van der Waals surface area contributed by atoms with Crippen LogP contribution in [0.5, 0.6) is 0 Å². The normalized spacial score (nSPS) is 24.6. The molecule has 0 bridgehead atoms. The lowest BCUT2D eigenvalue weighted by atomic mass is 10.0. The fourth-order valence-corrected chi connectivity index (χ4v) is 4.73. The number of aliphatic hydroxyl groups excluding tert-OH is 1. The molecule has 1 amide bonds. The van der Waals surface area contributed by atoms with Gasteiger partial charge in [-0.15, -0.1) is 0 Å². The van der Waals surface area contributed by atoms with Crippen molar-refractivity contribution < 1.29 is 9.90 Å². The molecule has 2 aromatic rings. The molecule has 0 spiro atoms. The van der Waals surface area contributed by atoms with Crippen LogP contribution in [0.15, 0.2) is 30.6 Å². The number of nitrogens with zero attached hydrogens (tertiary/aromatic N) is 4. The van der Waals surface area contributed by atoms with Gasteiger partial charge in [0.05, 0.1) is 17.8 Å². The van der Waals surface area contributed by atoms with E-state index in [1.807, 2.05) is 29.2 Å². The summed E-state index contributed by atoms with van der Waals surface area (Å²) in [6, 6.07) is 6.95. The smallest absolute Gasteiger partial charge is 0.239 e. The van der Waals surface area contributed by atoms with Crippen molar-refractivity contribution in [2.24, 2.45) is 5.73 Å². The van der Waals surface area contributed by atoms with E-state index in [1.54, 1.807) is 0 Å². The fraction of sp³-hybridized carbons (Fsp3) is 0.500. The number of hydrogen-bond acceptors (Lipinski definition) is 6. The van der Waals surface area contributed by atoms with E-state index in [9.17, 15) is 9.90 Å². The molecular formula is C22H28ClN5O2. The van der Waals surface area contributed by atoms with Crippen molar-refractivity contribution >= 4 is 23.3 Å². The van der Waals surface area contributed by atoms with Gasteiger partial charge in [0.1, 0.15) is 12.1 Å². The molecule has 0 unspecified atom stereocenters. The van der Waals surface area contributed by atoms with Gasteiger partial charge in [0.2, 0.25) is 5.91 Å². The molecule has 1 saturated heterocycles. The summed E-state index contributed by atoms with van der Waals surface area (Å²) in [5.74, 6) is 1.06. The van der Waals surface area contributed by atoms with Gasteiger partial charge >= 0.3 is 0 Å². The first kappa shape index (κ1) is 21.0. The third-order valence-corrected chi connectivity index (χ3v) is 6.43. The van der Waals surface area contributed by atoms with E-state index < -0.39 is 12.1 Å². The summed E-state index contributed by atoms with van der Waals surface area (Å²) in [5, 5.41) is 10.9. The van der Waals surface area contributed by atoms with Crippen molar-refractivity contribution in [3.63, 3.8) is 0 Å². The lowest BCUT2D eigenvalue weighted by Crippen LogP contribution is -2.57. The highest BCUT2D eigenvalue weighted by atomic mass is 35.5. The van der Waals surface area contributed by atoms with Crippen LogP contribution >= 0.6 is 11.6 Å². The first-order valence-corrected chi connectivity index (χ1v) is 10.8. The number of aromatic nitrogens is 2. The standard InChI is InChI=1S/C22H28ClN5O2/c1-13-9-18(29)20-19(13)21(26-12-25-20)28-8-7-27(11-14(28)2)22(30)17(24)10-15-3-5-16(23)6-4-15/h3-6,12-14,17-18,29H,7-11,24H2,1-2H3/t13-,14+,17-,18-/m1/s1. The number of nitrogens with two attached hydrogens (primary N) is 1. The molecular weight excluding hydrogens is 402 g/mol. The number of hydrogen-bond donors (Lipinski definition) is 2. The fourth-order valence-electron chi connectivity index (χ4n) is 4.60. The third-order valence-electron chi connectivity index (χ3n) is 6.18. The average Bonchev–Trinajstić information content (AvgIpc) is 3.03. The van der Waals surface area contributed by atoms with Gasteiger partial charge in [0.25, 0.3) is 0 Å². The zero-order valence-electron chi connectivity index (χ0n) is 17.3. The third kappa shape index (κ3) is 4.02. The molecule has 1 fully saturated rings. The number of fused-ring (bicyclic) bond motifs is 1. The number of piperazine rings is 1. The number of halogens is 1. The van der Waals surface area contributed by atoms with Gasteiger partial charge in [0.15, 0.2) is 0 Å². The van der Waals surface area contributed by atoms with Gasteiger partial charge in [-0.25, -0.2) is 9.97 Å². The largest absolute Gasteiger partial charge is 0.387 e. The van der Waals surface area contributed by atoms with Crippen LogP contribution in [0.3, 0.4) is 0 Å². The minimum absolute atomic E-state index is 0.0341. The van der Waals surface area contributed by atoms with Crippen LogP contribution in [-0.4, -0.2) is 57.6 Å². The Morgan fingerprint density at radius 3 is 2.70 bits per heavy atom. The minimum atomic E-state index is -0.580. The highest BCUT2D eigenvalue weighted by Gasteiger charge is 2.36. The van der Waals surface area contributed by atoms with Crippen molar-refractivity contribution in [1.82, 2.24) is 14.9 Å². The Kier molecular flexibility index (Phi) is 5.95. The molecule has 3 N–H and O–H groups in total. The molecule has 1 aromatic heterocycles. The summed E-state index contributed by atoms with van der Waals surface area (Å²) in [6.45, 7) is 6.04. The second-order valence-electron chi connectivity index (χ2n) is 8.41. The van der Waals surface area contributed by atoms with E-state index in [2.05, 4.69) is 28.7 Å². The van der Waals surface area contributed by atoms with Gasteiger partial charge in [-0.1, -0.05) is 30.7 Å². The monoisotopic (exact) mass is 429 g/mol. The molecule has 0 radical (unpaired) electrons. The number of anilines is 1. The maximum atomic E-state index is 12.9. The lowest BCUT2D eigenvalue weighted by molar-refractivity contribution is -0.133. The number of carbonyl (C=O) groups is 1. The van der Waals surface area contributed by atoms with Gasteiger partial charge in [-0.2, -0.15) is 0 Å². The Balaban J connectivity index is 1.43. The van der Waals surface area contributed by atoms with Crippen LogP contribution in [0.25, 0.3) is 0 Å². The van der Waals surface area contributed by atoms with Crippen LogP contribution in [0, 0.1) is 0 Å². The van der Waals surface area contributed by atoms with Crippen LogP contribution in [0.4, 0.5) is 5.82 Å². The van der Waals surface area contributed by atoms with Gasteiger partial charge in [0, 0.05) is 36.3 Å². The lowest BCUT2D eigenvalue weighted by Gasteiger charge is -2.42.